The van der Waals surface area contributed by atoms with Crippen LogP contribution in [-0.2, 0) is 20.0 Å². The average Bonchev–Trinajstić information content (AvgIpc) is 2.77. The summed E-state index contributed by atoms with van der Waals surface area (Å²) < 4.78 is 1.84. The number of rotatable bonds is 5. The molecule has 0 amide bonds. The Balaban J connectivity index is 2.09. The number of nitrogens with zero attached hydrogens (tertiary/aromatic N) is 3. The Morgan fingerprint density at radius 1 is 1.53 bits per heavy atom. The molecule has 2 heterocycles. The molecule has 2 aromatic rings. The van der Waals surface area contributed by atoms with E-state index < -0.39 is 0 Å². The first kappa shape index (κ1) is 13.5. The third-order valence-electron chi connectivity index (χ3n) is 2.82. The molecule has 0 saturated heterocycles. The van der Waals surface area contributed by atoms with Crippen molar-refractivity contribution in [1.29, 1.82) is 0 Å². The van der Waals surface area contributed by atoms with Crippen LogP contribution in [0, 0.1) is 0 Å². The van der Waals surface area contributed by atoms with Crippen molar-refractivity contribution in [2.75, 3.05) is 5.32 Å². The molecule has 0 saturated carbocycles. The summed E-state index contributed by atoms with van der Waals surface area (Å²) in [6.07, 6.45) is 4.65. The monoisotopic (exact) mass is 275 g/mol. The van der Waals surface area contributed by atoms with Crippen molar-refractivity contribution in [3.05, 3.63) is 41.5 Å². The van der Waals surface area contributed by atoms with Crippen molar-refractivity contribution in [2.24, 2.45) is 12.8 Å². The van der Waals surface area contributed by atoms with Gasteiger partial charge in [0.25, 0.3) is 0 Å². The molecule has 0 aliphatic rings. The molecule has 0 atom stereocenters. The number of aryl methyl sites for hydroxylation is 2. The first-order valence-electron chi connectivity index (χ1n) is 6.11. The second-order valence-electron chi connectivity index (χ2n) is 4.28. The third-order valence-corrected chi connectivity index (χ3v) is 3.03. The highest BCUT2D eigenvalue weighted by Crippen LogP contribution is 2.12. The fraction of sp³-hybridized carbons (Fsp3) is 0.308. The second-order valence-corrected chi connectivity index (χ2v) is 4.72. The Hall–Kier alpha value is -1.95. The molecule has 0 fully saturated rings. The van der Waals surface area contributed by atoms with E-state index in [0.29, 0.717) is 10.7 Å². The lowest BCUT2D eigenvalue weighted by Crippen LogP contribution is -2.12. The number of aromatic nitrogens is 3. The van der Waals surface area contributed by atoms with Gasteiger partial charge in [-0.3, -0.25) is 9.67 Å². The van der Waals surface area contributed by atoms with E-state index in [9.17, 15) is 0 Å². The van der Waals surface area contributed by atoms with Gasteiger partial charge in [0.05, 0.1) is 11.4 Å². The van der Waals surface area contributed by atoms with Crippen LogP contribution in [0.4, 0.5) is 5.69 Å². The molecule has 3 N–H and O–H groups in total. The summed E-state index contributed by atoms with van der Waals surface area (Å²) in [6, 6.07) is 3.74. The lowest BCUT2D eigenvalue weighted by Gasteiger charge is -2.07. The van der Waals surface area contributed by atoms with Crippen LogP contribution in [0.5, 0.6) is 0 Å². The van der Waals surface area contributed by atoms with E-state index in [1.54, 1.807) is 6.20 Å². The highest BCUT2D eigenvalue weighted by molar-refractivity contribution is 7.80. The van der Waals surface area contributed by atoms with Gasteiger partial charge in [-0.05, 0) is 18.6 Å². The highest BCUT2D eigenvalue weighted by atomic mass is 32.1. The summed E-state index contributed by atoms with van der Waals surface area (Å²) in [6.45, 7) is 2.82. The number of anilines is 1. The summed E-state index contributed by atoms with van der Waals surface area (Å²) in [7, 11) is 1.93. The minimum absolute atomic E-state index is 0.305. The first-order valence-corrected chi connectivity index (χ1v) is 6.52. The molecule has 6 heteroatoms. The van der Waals surface area contributed by atoms with Crippen molar-refractivity contribution < 1.29 is 0 Å². The van der Waals surface area contributed by atoms with E-state index in [2.05, 4.69) is 22.3 Å². The number of hydrogen-bond donors (Lipinski definition) is 2. The molecule has 5 nitrogen and oxygen atoms in total. The van der Waals surface area contributed by atoms with Crippen LogP contribution >= 0.6 is 12.2 Å². The van der Waals surface area contributed by atoms with Gasteiger partial charge in [-0.25, -0.2) is 0 Å². The highest BCUT2D eigenvalue weighted by Gasteiger charge is 2.06. The van der Waals surface area contributed by atoms with Crippen LogP contribution in [0.15, 0.2) is 24.5 Å². The summed E-state index contributed by atoms with van der Waals surface area (Å²) in [5, 5.41) is 7.75. The van der Waals surface area contributed by atoms with Crippen molar-refractivity contribution >= 4 is 22.9 Å². The minimum atomic E-state index is 0.305. The Morgan fingerprint density at radius 3 is 3.00 bits per heavy atom. The maximum atomic E-state index is 5.57. The normalized spacial score (nSPS) is 10.4. The van der Waals surface area contributed by atoms with Gasteiger partial charge < -0.3 is 11.1 Å². The predicted octanol–water partition coefficient (Wildman–Crippen LogP) is 1.62. The molecule has 0 aromatic carbocycles. The number of nitrogens with one attached hydrogen (secondary N) is 1. The van der Waals surface area contributed by atoms with Gasteiger partial charge in [0.2, 0.25) is 0 Å². The Bertz CT molecular complexity index is 590. The largest absolute Gasteiger partial charge is 0.388 e. The van der Waals surface area contributed by atoms with Gasteiger partial charge in [0.15, 0.2) is 0 Å². The van der Waals surface area contributed by atoms with E-state index in [1.165, 1.54) is 5.56 Å². The molecule has 0 radical (unpaired) electrons. The van der Waals surface area contributed by atoms with E-state index in [4.69, 9.17) is 18.0 Å². The predicted molar refractivity (Wildman–Crippen MR) is 80.0 cm³/mol. The summed E-state index contributed by atoms with van der Waals surface area (Å²) in [5.41, 5.74) is 9.44. The second kappa shape index (κ2) is 5.79. The van der Waals surface area contributed by atoms with Gasteiger partial charge >= 0.3 is 0 Å². The standard InChI is InChI=1S/C13H17N5S/c1-3-11-9(8-18(2)17-11)7-16-10-4-5-15-12(6-10)13(14)19/h4-6,8H,3,7H2,1-2H3,(H2,14,19)(H,15,16). The van der Waals surface area contributed by atoms with Crippen LogP contribution in [0.2, 0.25) is 0 Å². The molecule has 19 heavy (non-hydrogen) atoms. The SMILES string of the molecule is CCc1nn(C)cc1CNc1ccnc(C(N)=S)c1. The third kappa shape index (κ3) is 3.29. The zero-order valence-electron chi connectivity index (χ0n) is 11.1. The molecular weight excluding hydrogens is 258 g/mol. The van der Waals surface area contributed by atoms with Crippen molar-refractivity contribution in [3.63, 3.8) is 0 Å². The molecular formula is C13H17N5S. The zero-order valence-corrected chi connectivity index (χ0v) is 11.9. The summed E-state index contributed by atoms with van der Waals surface area (Å²) in [5.74, 6) is 0. The van der Waals surface area contributed by atoms with Crippen LogP contribution in [0.1, 0.15) is 23.9 Å². The maximum Gasteiger partial charge on any atom is 0.122 e. The average molecular weight is 275 g/mol. The van der Waals surface area contributed by atoms with E-state index >= 15 is 0 Å². The van der Waals surface area contributed by atoms with Crippen LogP contribution in [-0.4, -0.2) is 19.8 Å². The van der Waals surface area contributed by atoms with Gasteiger partial charge in [-0.2, -0.15) is 5.10 Å². The Morgan fingerprint density at radius 2 is 2.32 bits per heavy atom. The van der Waals surface area contributed by atoms with Crippen molar-refractivity contribution in [2.45, 2.75) is 19.9 Å². The smallest absolute Gasteiger partial charge is 0.122 e. The number of pyridine rings is 1. The molecule has 0 aliphatic heterocycles. The molecule has 0 aliphatic carbocycles. The number of nitrogens with two attached hydrogens (primary N) is 1. The maximum absolute atomic E-state index is 5.57. The fourth-order valence-corrected chi connectivity index (χ4v) is 2.01. The molecule has 0 unspecified atom stereocenters. The number of hydrogen-bond acceptors (Lipinski definition) is 4. The molecule has 0 spiro atoms. The molecule has 0 bridgehead atoms. The zero-order chi connectivity index (χ0) is 13.8. The van der Waals surface area contributed by atoms with E-state index in [-0.39, 0.29) is 0 Å². The first-order chi connectivity index (χ1) is 9.10. The molecule has 2 rings (SSSR count). The van der Waals surface area contributed by atoms with Gasteiger partial charge in [-0.15, -0.1) is 0 Å². The Labute approximate surface area is 117 Å². The summed E-state index contributed by atoms with van der Waals surface area (Å²) in [4.78, 5) is 4.41. The molecule has 2 aromatic heterocycles. The lowest BCUT2D eigenvalue weighted by molar-refractivity contribution is 0.746. The van der Waals surface area contributed by atoms with Gasteiger partial charge in [0.1, 0.15) is 4.99 Å². The van der Waals surface area contributed by atoms with E-state index in [0.717, 1.165) is 24.3 Å². The van der Waals surface area contributed by atoms with E-state index in [1.807, 2.05) is 30.1 Å². The van der Waals surface area contributed by atoms with Crippen LogP contribution in [0.25, 0.3) is 0 Å². The molecule has 100 valence electrons. The number of thiocarbonyl (C=S) groups is 1. The summed E-state index contributed by atoms with van der Waals surface area (Å²) >= 11 is 4.92. The Kier molecular flexibility index (Phi) is 4.11. The minimum Gasteiger partial charge on any atom is -0.388 e. The van der Waals surface area contributed by atoms with Gasteiger partial charge in [-0.1, -0.05) is 19.1 Å². The van der Waals surface area contributed by atoms with Crippen LogP contribution in [0.3, 0.4) is 0 Å². The van der Waals surface area contributed by atoms with Gasteiger partial charge in [0, 0.05) is 37.2 Å². The quantitative estimate of drug-likeness (QED) is 0.812. The van der Waals surface area contributed by atoms with Crippen molar-refractivity contribution in [1.82, 2.24) is 14.8 Å². The van der Waals surface area contributed by atoms with Crippen LogP contribution < -0.4 is 11.1 Å². The topological polar surface area (TPSA) is 68.8 Å². The fourth-order valence-electron chi connectivity index (χ4n) is 1.90. The van der Waals surface area contributed by atoms with Crippen molar-refractivity contribution in [3.8, 4) is 0 Å². The lowest BCUT2D eigenvalue weighted by atomic mass is 10.2.